The zero-order chi connectivity index (χ0) is 26.2. The average Bonchev–Trinajstić information content (AvgIpc) is 3.25. The van der Waals surface area contributed by atoms with Crippen LogP contribution >= 0.6 is 11.6 Å². The standard InChI is InChI=1S/C25H19BClF2N5O2S/c26-19-14-31-34-24(12-22(32-25(19)34)18-6-1-2-7-20(18)27)30-13-15-4-3-5-17(10-15)33-37(35,36)23-11-16(28)8-9-21(23)29/h1-12,14,30,33H,13,26H2. The van der Waals surface area contributed by atoms with Gasteiger partial charge in [-0.1, -0.05) is 41.9 Å². The quantitative estimate of drug-likeness (QED) is 0.307. The highest BCUT2D eigenvalue weighted by Crippen LogP contribution is 2.28. The lowest BCUT2D eigenvalue weighted by Gasteiger charge is -2.13. The average molecular weight is 538 g/mol. The fraction of sp³-hybridized carbons (Fsp3) is 0.0400. The lowest BCUT2D eigenvalue weighted by atomic mass is 10.0. The molecule has 0 amide bonds. The second kappa shape index (κ2) is 9.83. The first kappa shape index (κ1) is 24.7. The molecule has 5 aromatic rings. The summed E-state index contributed by atoms with van der Waals surface area (Å²) in [6, 6.07) is 18.1. The van der Waals surface area contributed by atoms with Crippen molar-refractivity contribution in [2.24, 2.45) is 0 Å². The molecule has 0 aliphatic rings. The maximum Gasteiger partial charge on any atom is 0.264 e. The predicted octanol–water partition coefficient (Wildman–Crippen LogP) is 4.00. The van der Waals surface area contributed by atoms with Crippen LogP contribution in [0.3, 0.4) is 0 Å². The van der Waals surface area contributed by atoms with Gasteiger partial charge < -0.3 is 5.32 Å². The van der Waals surface area contributed by atoms with Crippen molar-refractivity contribution in [1.82, 2.24) is 14.6 Å². The van der Waals surface area contributed by atoms with Gasteiger partial charge in [0.25, 0.3) is 10.0 Å². The summed E-state index contributed by atoms with van der Waals surface area (Å²) in [6.45, 7) is 0.309. The van der Waals surface area contributed by atoms with E-state index in [2.05, 4.69) is 15.1 Å². The Morgan fingerprint density at radius 1 is 1.00 bits per heavy atom. The van der Waals surface area contributed by atoms with Crippen LogP contribution in [-0.2, 0) is 16.6 Å². The fourth-order valence-electron chi connectivity index (χ4n) is 3.84. The number of hydrogen-bond acceptors (Lipinski definition) is 5. The molecule has 0 unspecified atom stereocenters. The molecule has 2 aromatic heterocycles. The minimum Gasteiger partial charge on any atom is -0.366 e. The topological polar surface area (TPSA) is 88.4 Å². The van der Waals surface area contributed by atoms with Crippen molar-refractivity contribution in [1.29, 1.82) is 0 Å². The number of aromatic nitrogens is 3. The highest BCUT2D eigenvalue weighted by molar-refractivity contribution is 7.92. The van der Waals surface area contributed by atoms with Crippen molar-refractivity contribution in [2.45, 2.75) is 11.4 Å². The van der Waals surface area contributed by atoms with Gasteiger partial charge in [-0.2, -0.15) is 9.61 Å². The van der Waals surface area contributed by atoms with E-state index in [-0.39, 0.29) is 5.69 Å². The van der Waals surface area contributed by atoms with Gasteiger partial charge in [-0.25, -0.2) is 22.2 Å². The second-order valence-electron chi connectivity index (χ2n) is 8.30. The van der Waals surface area contributed by atoms with Crippen LogP contribution in [0.25, 0.3) is 16.9 Å². The summed E-state index contributed by atoms with van der Waals surface area (Å²) in [7, 11) is -2.43. The van der Waals surface area contributed by atoms with Gasteiger partial charge in [-0.15, -0.1) is 0 Å². The van der Waals surface area contributed by atoms with Crippen LogP contribution in [0.15, 0.2) is 83.9 Å². The van der Waals surface area contributed by atoms with Gasteiger partial charge in [0.1, 0.15) is 30.2 Å². The first-order valence-corrected chi connectivity index (χ1v) is 13.0. The van der Waals surface area contributed by atoms with Gasteiger partial charge in [-0.05, 0) is 47.4 Å². The van der Waals surface area contributed by atoms with E-state index < -0.39 is 26.6 Å². The van der Waals surface area contributed by atoms with Crippen molar-refractivity contribution >= 4 is 52.1 Å². The molecule has 0 atom stereocenters. The van der Waals surface area contributed by atoms with E-state index in [1.54, 1.807) is 35.0 Å². The van der Waals surface area contributed by atoms with Gasteiger partial charge in [0.05, 0.1) is 5.69 Å². The number of fused-ring (bicyclic) bond motifs is 1. The Morgan fingerprint density at radius 2 is 1.81 bits per heavy atom. The molecule has 0 aliphatic carbocycles. The number of halogens is 3. The third-order valence-corrected chi connectivity index (χ3v) is 7.36. The normalized spacial score (nSPS) is 11.5. The van der Waals surface area contributed by atoms with E-state index in [0.717, 1.165) is 28.7 Å². The molecule has 0 spiro atoms. The van der Waals surface area contributed by atoms with Crippen LogP contribution in [-0.4, -0.2) is 30.9 Å². The molecule has 7 nitrogen and oxygen atoms in total. The fourth-order valence-corrected chi connectivity index (χ4v) is 5.21. The lowest BCUT2D eigenvalue weighted by molar-refractivity contribution is 0.555. The van der Waals surface area contributed by atoms with Crippen molar-refractivity contribution in [3.8, 4) is 11.3 Å². The van der Waals surface area contributed by atoms with Gasteiger partial charge in [0.15, 0.2) is 5.65 Å². The van der Waals surface area contributed by atoms with Crippen molar-refractivity contribution in [3.63, 3.8) is 0 Å². The number of hydrogen-bond donors (Lipinski definition) is 2. The van der Waals surface area contributed by atoms with Crippen LogP contribution in [0, 0.1) is 11.6 Å². The molecule has 0 saturated heterocycles. The Kier molecular flexibility index (Phi) is 6.57. The summed E-state index contributed by atoms with van der Waals surface area (Å²) >= 11 is 6.40. The Morgan fingerprint density at radius 3 is 2.62 bits per heavy atom. The SMILES string of the molecule is Bc1cnn2c(NCc3cccc(NS(=O)(=O)c4cc(F)ccc4F)c3)cc(-c3ccccc3Cl)nc12. The molecule has 2 heterocycles. The molecule has 0 saturated carbocycles. The van der Waals surface area contributed by atoms with Crippen molar-refractivity contribution < 1.29 is 17.2 Å². The zero-order valence-corrected chi connectivity index (χ0v) is 21.0. The number of rotatable bonds is 7. The van der Waals surface area contributed by atoms with Gasteiger partial charge in [-0.3, -0.25) is 4.72 Å². The van der Waals surface area contributed by atoms with Crippen LogP contribution < -0.4 is 15.5 Å². The molecule has 0 radical (unpaired) electrons. The lowest BCUT2D eigenvalue weighted by Crippen LogP contribution is -2.15. The van der Waals surface area contributed by atoms with E-state index in [9.17, 15) is 17.2 Å². The summed E-state index contributed by atoms with van der Waals surface area (Å²) in [4.78, 5) is 3.95. The second-order valence-corrected chi connectivity index (χ2v) is 10.4. The summed E-state index contributed by atoms with van der Waals surface area (Å²) < 4.78 is 56.9. The molecule has 12 heteroatoms. The summed E-state index contributed by atoms with van der Waals surface area (Å²) in [5.41, 5.74) is 3.93. The Hall–Kier alpha value is -3.96. The van der Waals surface area contributed by atoms with Crippen LogP contribution in [0.5, 0.6) is 0 Å². The minimum atomic E-state index is -4.34. The number of nitrogens with zero attached hydrogens (tertiary/aromatic N) is 3. The molecule has 37 heavy (non-hydrogen) atoms. The summed E-state index contributed by atoms with van der Waals surface area (Å²) in [5, 5.41) is 8.29. The van der Waals surface area contributed by atoms with Gasteiger partial charge in [0.2, 0.25) is 0 Å². The van der Waals surface area contributed by atoms with Crippen LogP contribution in [0.2, 0.25) is 5.02 Å². The third-order valence-electron chi connectivity index (χ3n) is 5.63. The minimum absolute atomic E-state index is 0.203. The first-order chi connectivity index (χ1) is 17.7. The smallest absolute Gasteiger partial charge is 0.264 e. The van der Waals surface area contributed by atoms with E-state index in [4.69, 9.17) is 16.6 Å². The molecule has 0 fully saturated rings. The van der Waals surface area contributed by atoms with E-state index >= 15 is 0 Å². The van der Waals surface area contributed by atoms with Crippen molar-refractivity contribution in [2.75, 3.05) is 10.0 Å². The molecule has 5 rings (SSSR count). The van der Waals surface area contributed by atoms with E-state index in [0.29, 0.717) is 34.8 Å². The molecular weight excluding hydrogens is 519 g/mol. The molecule has 0 bridgehead atoms. The maximum atomic E-state index is 14.0. The summed E-state index contributed by atoms with van der Waals surface area (Å²) in [6.07, 6.45) is 1.71. The Balaban J connectivity index is 1.42. The number of benzene rings is 3. The summed E-state index contributed by atoms with van der Waals surface area (Å²) in [5.74, 6) is -1.24. The predicted molar refractivity (Wildman–Crippen MR) is 143 cm³/mol. The Bertz CT molecular complexity index is 1750. The molecule has 3 aromatic carbocycles. The van der Waals surface area contributed by atoms with E-state index in [1.165, 1.54) is 6.07 Å². The van der Waals surface area contributed by atoms with Crippen LogP contribution in [0.4, 0.5) is 20.3 Å². The molecular formula is C25H19BClF2N5O2S. The monoisotopic (exact) mass is 537 g/mol. The Labute approximate surface area is 217 Å². The zero-order valence-electron chi connectivity index (χ0n) is 19.4. The highest BCUT2D eigenvalue weighted by Gasteiger charge is 2.20. The van der Waals surface area contributed by atoms with E-state index in [1.807, 2.05) is 32.1 Å². The van der Waals surface area contributed by atoms with Gasteiger partial charge >= 0.3 is 0 Å². The molecule has 2 N–H and O–H groups in total. The maximum absolute atomic E-state index is 14.0. The number of sulfonamides is 1. The first-order valence-electron chi connectivity index (χ1n) is 11.1. The third kappa shape index (κ3) is 5.14. The number of anilines is 2. The molecule has 186 valence electrons. The number of nitrogens with one attached hydrogen (secondary N) is 2. The van der Waals surface area contributed by atoms with Crippen molar-refractivity contribution in [3.05, 3.63) is 101 Å². The van der Waals surface area contributed by atoms with Crippen LogP contribution in [0.1, 0.15) is 5.56 Å². The van der Waals surface area contributed by atoms with Gasteiger partial charge in [0, 0.05) is 35.1 Å². The molecule has 0 aliphatic heterocycles. The largest absolute Gasteiger partial charge is 0.366 e. The highest BCUT2D eigenvalue weighted by atomic mass is 35.5.